The third-order valence-electron chi connectivity index (χ3n) is 18.8. The molecule has 0 aromatic carbocycles. The van der Waals surface area contributed by atoms with Crippen LogP contribution >= 0.6 is 15.6 Å². The van der Waals surface area contributed by atoms with Gasteiger partial charge in [-0.2, -0.15) is 0 Å². The Hall–Kier alpha value is -1.94. The molecule has 0 heterocycles. The number of carbonyl (C=O) groups excluding carboxylic acids is 4. The summed E-state index contributed by atoms with van der Waals surface area (Å²) in [5, 5.41) is 10.6. The minimum atomic E-state index is -4.96. The second-order valence-electron chi connectivity index (χ2n) is 29.3. The standard InChI is InChI=1S/C80H156O17P2/c1-6-9-12-15-18-20-22-24-26-27-28-29-30-31-33-37-42-46-51-56-61-66-80(85)97-76(70-91-78(83)64-59-54-49-44-40-38-34-35-39-43-48-52-57-62-73(4)5)72-95-99(88,89)93-68-74(81)67-92-98(86,87)94-71-75(69-90-77(82)63-58-53-47-17-14-11-8-3)96-79(84)65-60-55-50-45-41-36-32-25-23-21-19-16-13-10-7-2/h73-76,81H,6-72H2,1-5H3,(H,86,87)(H,88,89)/t74-,75+,76+/m0/s1. The van der Waals surface area contributed by atoms with Crippen LogP contribution in [-0.2, 0) is 65.4 Å². The molecule has 0 amide bonds. The Morgan fingerprint density at radius 1 is 0.273 bits per heavy atom. The summed E-state index contributed by atoms with van der Waals surface area (Å²) in [4.78, 5) is 72.8. The first-order valence-electron chi connectivity index (χ1n) is 41.6. The smallest absolute Gasteiger partial charge is 0.462 e. The highest BCUT2D eigenvalue weighted by atomic mass is 31.2. The van der Waals surface area contributed by atoms with Gasteiger partial charge in [0.15, 0.2) is 12.2 Å². The van der Waals surface area contributed by atoms with Gasteiger partial charge in [0.2, 0.25) is 0 Å². The van der Waals surface area contributed by atoms with Crippen LogP contribution in [0, 0.1) is 5.92 Å². The zero-order valence-corrected chi connectivity index (χ0v) is 66.4. The molecule has 0 rings (SSSR count). The fourth-order valence-electron chi connectivity index (χ4n) is 12.4. The fourth-order valence-corrected chi connectivity index (χ4v) is 14.0. The molecule has 588 valence electrons. The molecule has 5 atom stereocenters. The SMILES string of the molecule is CCCCCCCCCCCCCCCCCCCCCCCC(=O)O[C@H](COC(=O)CCCCCCCCCCCCCCCC(C)C)COP(=O)(O)OC[C@@H](O)COP(=O)(O)OC[C@@H](COC(=O)CCCCCCCCC)OC(=O)CCCCCCCCCCCCCCCCC. The van der Waals surface area contributed by atoms with Gasteiger partial charge in [0.05, 0.1) is 26.4 Å². The Morgan fingerprint density at radius 3 is 0.687 bits per heavy atom. The predicted molar refractivity (Wildman–Crippen MR) is 405 cm³/mol. The van der Waals surface area contributed by atoms with Crippen molar-refractivity contribution < 1.29 is 80.2 Å². The van der Waals surface area contributed by atoms with E-state index in [1.807, 2.05) is 0 Å². The first-order chi connectivity index (χ1) is 48.0. The maximum Gasteiger partial charge on any atom is 0.472 e. The lowest BCUT2D eigenvalue weighted by atomic mass is 10.0. The van der Waals surface area contributed by atoms with Crippen molar-refractivity contribution in [2.24, 2.45) is 5.92 Å². The molecule has 2 unspecified atom stereocenters. The van der Waals surface area contributed by atoms with Crippen LogP contribution in [0.3, 0.4) is 0 Å². The van der Waals surface area contributed by atoms with Gasteiger partial charge >= 0.3 is 39.5 Å². The fraction of sp³-hybridized carbons (Fsp3) is 0.950. The molecular formula is C80H156O17P2. The number of aliphatic hydroxyl groups excluding tert-OH is 1. The van der Waals surface area contributed by atoms with E-state index in [0.29, 0.717) is 25.7 Å². The van der Waals surface area contributed by atoms with Gasteiger partial charge in [-0.25, -0.2) is 9.13 Å². The molecule has 3 N–H and O–H groups in total. The highest BCUT2D eigenvalue weighted by Gasteiger charge is 2.30. The van der Waals surface area contributed by atoms with E-state index in [9.17, 15) is 43.2 Å². The van der Waals surface area contributed by atoms with Crippen LogP contribution in [0.2, 0.25) is 0 Å². The van der Waals surface area contributed by atoms with E-state index in [1.165, 1.54) is 238 Å². The maximum atomic E-state index is 13.1. The molecule has 99 heavy (non-hydrogen) atoms. The molecule has 19 heteroatoms. The monoisotopic (exact) mass is 1450 g/mol. The van der Waals surface area contributed by atoms with Gasteiger partial charge in [-0.05, 0) is 31.6 Å². The molecule has 17 nitrogen and oxygen atoms in total. The summed E-state index contributed by atoms with van der Waals surface area (Å²) in [5.41, 5.74) is 0. The van der Waals surface area contributed by atoms with E-state index in [4.69, 9.17) is 37.0 Å². The van der Waals surface area contributed by atoms with E-state index >= 15 is 0 Å². The van der Waals surface area contributed by atoms with Gasteiger partial charge < -0.3 is 33.8 Å². The third-order valence-corrected chi connectivity index (χ3v) is 20.7. The van der Waals surface area contributed by atoms with Crippen molar-refractivity contribution in [2.45, 2.75) is 445 Å². The lowest BCUT2D eigenvalue weighted by molar-refractivity contribution is -0.161. The molecule has 0 saturated carbocycles. The predicted octanol–water partition coefficient (Wildman–Crippen LogP) is 24.0. The normalized spacial score (nSPS) is 13.9. The molecule has 0 aromatic heterocycles. The molecule has 0 aromatic rings. The number of phosphoric ester groups is 2. The number of carbonyl (C=O) groups is 4. The average molecular weight is 1450 g/mol. The molecule has 0 saturated heterocycles. The van der Waals surface area contributed by atoms with Gasteiger partial charge in [-0.3, -0.25) is 37.3 Å². The van der Waals surface area contributed by atoms with Crippen molar-refractivity contribution in [1.82, 2.24) is 0 Å². The highest BCUT2D eigenvalue weighted by Crippen LogP contribution is 2.45. The summed E-state index contributed by atoms with van der Waals surface area (Å²) >= 11 is 0. The number of hydrogen-bond acceptors (Lipinski definition) is 15. The summed E-state index contributed by atoms with van der Waals surface area (Å²) in [7, 11) is -9.91. The van der Waals surface area contributed by atoms with Crippen molar-refractivity contribution in [3.63, 3.8) is 0 Å². The van der Waals surface area contributed by atoms with Crippen molar-refractivity contribution in [1.29, 1.82) is 0 Å². The quantitative estimate of drug-likeness (QED) is 0.0222. The average Bonchev–Trinajstić information content (AvgIpc) is 1.63. The van der Waals surface area contributed by atoms with Crippen LogP contribution in [0.4, 0.5) is 0 Å². The Labute approximate surface area is 607 Å². The molecule has 0 spiro atoms. The van der Waals surface area contributed by atoms with E-state index in [0.717, 1.165) is 109 Å². The van der Waals surface area contributed by atoms with Crippen molar-refractivity contribution in [2.75, 3.05) is 39.6 Å². The number of ether oxygens (including phenoxy) is 4. The number of unbranched alkanes of at least 4 members (excludes halogenated alkanes) is 52. The Morgan fingerprint density at radius 2 is 0.465 bits per heavy atom. The van der Waals surface area contributed by atoms with Crippen molar-refractivity contribution >= 4 is 39.5 Å². The van der Waals surface area contributed by atoms with Gasteiger partial charge in [-0.1, -0.05) is 375 Å². The van der Waals surface area contributed by atoms with Crippen molar-refractivity contribution in [3.05, 3.63) is 0 Å². The largest absolute Gasteiger partial charge is 0.472 e. The second-order valence-corrected chi connectivity index (χ2v) is 32.2. The van der Waals surface area contributed by atoms with Crippen LogP contribution in [0.5, 0.6) is 0 Å². The maximum absolute atomic E-state index is 13.1. The molecule has 0 aliphatic heterocycles. The minimum Gasteiger partial charge on any atom is -0.462 e. The first kappa shape index (κ1) is 97.1. The van der Waals surface area contributed by atoms with Gasteiger partial charge in [0.1, 0.15) is 19.3 Å². The first-order valence-corrected chi connectivity index (χ1v) is 44.6. The summed E-state index contributed by atoms with van der Waals surface area (Å²) in [6.45, 7) is 7.30. The second kappa shape index (κ2) is 73.0. The van der Waals surface area contributed by atoms with E-state index in [1.54, 1.807) is 0 Å². The van der Waals surface area contributed by atoms with Crippen LogP contribution < -0.4 is 0 Å². The summed E-state index contributed by atoms with van der Waals surface area (Å²) in [5.74, 6) is -1.32. The zero-order chi connectivity index (χ0) is 72.7. The Bertz CT molecular complexity index is 1890. The van der Waals surface area contributed by atoms with Crippen LogP contribution in [-0.4, -0.2) is 96.7 Å². The number of phosphoric acid groups is 2. The number of aliphatic hydroxyl groups is 1. The summed E-state index contributed by atoms with van der Waals surface area (Å²) < 4.78 is 68.6. The van der Waals surface area contributed by atoms with Crippen LogP contribution in [0.15, 0.2) is 0 Å². The minimum absolute atomic E-state index is 0.108. The topological polar surface area (TPSA) is 237 Å². The summed E-state index contributed by atoms with van der Waals surface area (Å²) in [6.07, 6.45) is 64.0. The van der Waals surface area contributed by atoms with E-state index < -0.39 is 97.5 Å². The van der Waals surface area contributed by atoms with Gasteiger partial charge in [-0.15, -0.1) is 0 Å². The van der Waals surface area contributed by atoms with E-state index in [-0.39, 0.29) is 25.7 Å². The number of rotatable bonds is 80. The zero-order valence-electron chi connectivity index (χ0n) is 64.6. The lowest BCUT2D eigenvalue weighted by Gasteiger charge is -2.21. The molecule has 0 bridgehead atoms. The Kier molecular flexibility index (Phi) is 71.6. The molecule has 0 radical (unpaired) electrons. The van der Waals surface area contributed by atoms with Crippen LogP contribution in [0.1, 0.15) is 426 Å². The third kappa shape index (κ3) is 74.1. The van der Waals surface area contributed by atoms with Gasteiger partial charge in [0, 0.05) is 25.7 Å². The van der Waals surface area contributed by atoms with Crippen molar-refractivity contribution in [3.8, 4) is 0 Å². The molecular weight excluding hydrogens is 1290 g/mol. The summed E-state index contributed by atoms with van der Waals surface area (Å²) in [6, 6.07) is 0. The van der Waals surface area contributed by atoms with Crippen LogP contribution in [0.25, 0.3) is 0 Å². The number of esters is 4. The van der Waals surface area contributed by atoms with Gasteiger partial charge in [0.25, 0.3) is 0 Å². The molecule has 0 aliphatic rings. The molecule has 0 fully saturated rings. The Balaban J connectivity index is 5.17. The van der Waals surface area contributed by atoms with E-state index in [2.05, 4.69) is 34.6 Å². The lowest BCUT2D eigenvalue weighted by Crippen LogP contribution is -2.30. The highest BCUT2D eigenvalue weighted by molar-refractivity contribution is 7.47. The molecule has 0 aliphatic carbocycles. The number of hydrogen-bond donors (Lipinski definition) is 3.